The summed E-state index contributed by atoms with van der Waals surface area (Å²) in [5.41, 5.74) is 5.97. The normalized spacial score (nSPS) is 19.1. The van der Waals surface area contributed by atoms with Crippen LogP contribution in [0.4, 0.5) is 17.1 Å². The molecule has 1 fully saturated rings. The Morgan fingerprint density at radius 1 is 0.976 bits per heavy atom. The fraction of sp³-hybridized carbons (Fsp3) is 0.333. The Balaban J connectivity index is 1.30. The fourth-order valence-electron chi connectivity index (χ4n) is 6.16. The first-order chi connectivity index (χ1) is 19.9. The summed E-state index contributed by atoms with van der Waals surface area (Å²) < 4.78 is 4.84. The van der Waals surface area contributed by atoms with E-state index in [1.807, 2.05) is 53.4 Å². The number of likely N-dealkylation sites (tertiary alicyclic amines) is 1. The van der Waals surface area contributed by atoms with E-state index in [1.54, 1.807) is 18.2 Å². The minimum atomic E-state index is -0.639. The number of methoxy groups -OCH3 is 1. The van der Waals surface area contributed by atoms with Crippen LogP contribution in [0.25, 0.3) is 0 Å². The molecule has 41 heavy (non-hydrogen) atoms. The minimum absolute atomic E-state index is 0.198. The Morgan fingerprint density at radius 2 is 1.76 bits per heavy atom. The molecule has 0 radical (unpaired) electrons. The Labute approximate surface area is 240 Å². The van der Waals surface area contributed by atoms with E-state index in [0.717, 1.165) is 60.4 Å². The van der Waals surface area contributed by atoms with E-state index in [2.05, 4.69) is 17.3 Å². The van der Waals surface area contributed by atoms with Gasteiger partial charge in [0.15, 0.2) is 0 Å². The second kappa shape index (κ2) is 11.3. The summed E-state index contributed by atoms with van der Waals surface area (Å²) in [6.07, 6.45) is 3.52. The van der Waals surface area contributed by atoms with Crippen LogP contribution in [0.15, 0.2) is 71.7 Å². The number of carbonyl (C=O) groups is 3. The summed E-state index contributed by atoms with van der Waals surface area (Å²) in [6, 6.07) is 20.7. The van der Waals surface area contributed by atoms with Crippen molar-refractivity contribution in [3.63, 3.8) is 0 Å². The zero-order chi connectivity index (χ0) is 28.5. The van der Waals surface area contributed by atoms with Crippen molar-refractivity contribution < 1.29 is 19.1 Å². The van der Waals surface area contributed by atoms with E-state index in [4.69, 9.17) is 9.73 Å². The van der Waals surface area contributed by atoms with E-state index >= 15 is 0 Å². The Hall–Kier alpha value is -4.30. The molecule has 0 aliphatic carbocycles. The number of aliphatic imine (C=N–C) groups is 1. The molecule has 210 valence electrons. The molecular weight excluding hydrogens is 516 g/mol. The molecule has 3 aliphatic heterocycles. The van der Waals surface area contributed by atoms with Gasteiger partial charge in [0.2, 0.25) is 11.8 Å². The summed E-state index contributed by atoms with van der Waals surface area (Å²) in [7, 11) is 3.47. The summed E-state index contributed by atoms with van der Waals surface area (Å²) in [6.45, 7) is 2.78. The Bertz CT molecular complexity index is 1530. The van der Waals surface area contributed by atoms with Crippen LogP contribution in [0.3, 0.4) is 0 Å². The molecule has 3 heterocycles. The van der Waals surface area contributed by atoms with Crippen LogP contribution in [-0.4, -0.2) is 62.2 Å². The number of hydrogen-bond acceptors (Lipinski definition) is 6. The highest BCUT2D eigenvalue weighted by Gasteiger charge is 2.36. The third-order valence-corrected chi connectivity index (χ3v) is 8.46. The van der Waals surface area contributed by atoms with Crippen LogP contribution in [0, 0.1) is 5.92 Å². The average molecular weight is 551 g/mol. The van der Waals surface area contributed by atoms with Gasteiger partial charge in [0, 0.05) is 24.3 Å². The van der Waals surface area contributed by atoms with E-state index in [1.165, 1.54) is 7.11 Å². The molecule has 0 aromatic heterocycles. The van der Waals surface area contributed by atoms with Crippen molar-refractivity contribution in [1.29, 1.82) is 0 Å². The number of benzene rings is 3. The maximum absolute atomic E-state index is 13.3. The number of ether oxygens (including phenoxy) is 1. The predicted octanol–water partition coefficient (Wildman–Crippen LogP) is 4.95. The first kappa shape index (κ1) is 26.9. The molecule has 6 rings (SSSR count). The maximum atomic E-state index is 13.3. The summed E-state index contributed by atoms with van der Waals surface area (Å²) in [5, 5.41) is 2.92. The number of amides is 2. The molecule has 1 unspecified atom stereocenters. The Kier molecular flexibility index (Phi) is 7.41. The van der Waals surface area contributed by atoms with Crippen LogP contribution in [0.5, 0.6) is 0 Å². The Morgan fingerprint density at radius 3 is 2.51 bits per heavy atom. The number of rotatable bonds is 6. The molecule has 0 saturated carbocycles. The molecule has 3 aromatic rings. The van der Waals surface area contributed by atoms with Crippen molar-refractivity contribution in [3.05, 3.63) is 89.0 Å². The second-order valence-electron chi connectivity index (χ2n) is 11.1. The zero-order valence-corrected chi connectivity index (χ0v) is 23.4. The fourth-order valence-corrected chi connectivity index (χ4v) is 6.16. The van der Waals surface area contributed by atoms with Crippen LogP contribution in [0.2, 0.25) is 0 Å². The quantitative estimate of drug-likeness (QED) is 0.346. The maximum Gasteiger partial charge on any atom is 0.337 e. The van der Waals surface area contributed by atoms with Crippen LogP contribution in [0.1, 0.15) is 52.2 Å². The van der Waals surface area contributed by atoms with E-state index in [9.17, 15) is 14.4 Å². The predicted molar refractivity (Wildman–Crippen MR) is 159 cm³/mol. The van der Waals surface area contributed by atoms with E-state index in [-0.39, 0.29) is 11.8 Å². The lowest BCUT2D eigenvalue weighted by Crippen LogP contribution is -2.35. The highest BCUT2D eigenvalue weighted by Crippen LogP contribution is 2.38. The van der Waals surface area contributed by atoms with Gasteiger partial charge >= 0.3 is 5.97 Å². The van der Waals surface area contributed by atoms with Crippen molar-refractivity contribution in [1.82, 2.24) is 4.90 Å². The average Bonchev–Trinajstić information content (AvgIpc) is 3.56. The first-order valence-electron chi connectivity index (χ1n) is 14.2. The van der Waals surface area contributed by atoms with Gasteiger partial charge < -0.3 is 19.9 Å². The minimum Gasteiger partial charge on any atom is -0.465 e. The smallest absolute Gasteiger partial charge is 0.337 e. The van der Waals surface area contributed by atoms with Gasteiger partial charge in [-0.3, -0.25) is 14.6 Å². The van der Waals surface area contributed by atoms with E-state index < -0.39 is 11.9 Å². The molecule has 8 heteroatoms. The molecule has 0 bridgehead atoms. The standard InChI is InChI=1S/C33H34N4O4/c1-36-15-12-21(13-16-36)18-29(38)37-17-14-23-19-25(9-11-28(23)37)34-31(22-6-4-3-5-7-22)30-26-10-8-24(33(40)41-2)20-27(26)35-32(30)39/h3-11,19-21,30H,12-18H2,1-2H3,(H,35,39). The number of esters is 1. The van der Waals surface area contributed by atoms with Gasteiger partial charge in [-0.25, -0.2) is 4.79 Å². The highest BCUT2D eigenvalue weighted by atomic mass is 16.5. The third kappa shape index (κ3) is 5.39. The van der Waals surface area contributed by atoms with Gasteiger partial charge in [0.25, 0.3) is 0 Å². The summed E-state index contributed by atoms with van der Waals surface area (Å²) in [4.78, 5) is 47.9. The number of nitrogens with one attached hydrogen (secondary N) is 1. The van der Waals surface area contributed by atoms with Gasteiger partial charge in [-0.2, -0.15) is 0 Å². The van der Waals surface area contributed by atoms with Crippen molar-refractivity contribution in [2.45, 2.75) is 31.6 Å². The van der Waals surface area contributed by atoms with Gasteiger partial charge in [-0.1, -0.05) is 36.4 Å². The summed E-state index contributed by atoms with van der Waals surface area (Å²) in [5.74, 6) is -0.648. The molecule has 1 saturated heterocycles. The molecular formula is C33H34N4O4. The van der Waals surface area contributed by atoms with Gasteiger partial charge in [0.1, 0.15) is 5.92 Å². The van der Waals surface area contributed by atoms with Crippen LogP contribution in [-0.2, 0) is 20.7 Å². The molecule has 2 amide bonds. The lowest BCUT2D eigenvalue weighted by atomic mass is 9.90. The molecule has 8 nitrogen and oxygen atoms in total. The number of anilines is 2. The number of nitrogens with zero attached hydrogens (tertiary/aromatic N) is 3. The number of hydrogen-bond donors (Lipinski definition) is 1. The molecule has 0 spiro atoms. The number of carbonyl (C=O) groups excluding carboxylic acids is 3. The van der Waals surface area contributed by atoms with Crippen LogP contribution < -0.4 is 10.2 Å². The monoisotopic (exact) mass is 550 g/mol. The van der Waals surface area contributed by atoms with Crippen LogP contribution >= 0.6 is 0 Å². The largest absolute Gasteiger partial charge is 0.465 e. The third-order valence-electron chi connectivity index (χ3n) is 8.46. The lowest BCUT2D eigenvalue weighted by Gasteiger charge is -2.29. The van der Waals surface area contributed by atoms with Crippen molar-refractivity contribution in [3.8, 4) is 0 Å². The van der Waals surface area contributed by atoms with Gasteiger partial charge in [-0.05, 0) is 92.3 Å². The van der Waals surface area contributed by atoms with Crippen molar-refractivity contribution in [2.75, 3.05) is 44.0 Å². The molecule has 3 aliphatic rings. The number of piperidine rings is 1. The summed E-state index contributed by atoms with van der Waals surface area (Å²) >= 11 is 0. The molecule has 1 atom stereocenters. The molecule has 3 aromatic carbocycles. The SMILES string of the molecule is COC(=O)c1ccc2c(c1)NC(=O)C2C(=Nc1ccc2c(c1)CCN2C(=O)CC1CCN(C)CC1)c1ccccc1. The van der Waals surface area contributed by atoms with E-state index in [0.29, 0.717) is 35.8 Å². The zero-order valence-electron chi connectivity index (χ0n) is 23.4. The molecule has 1 N–H and O–H groups in total. The topological polar surface area (TPSA) is 91.3 Å². The lowest BCUT2D eigenvalue weighted by molar-refractivity contribution is -0.119. The number of fused-ring (bicyclic) bond motifs is 2. The first-order valence-corrected chi connectivity index (χ1v) is 14.2. The van der Waals surface area contributed by atoms with Crippen molar-refractivity contribution in [2.24, 2.45) is 10.9 Å². The van der Waals surface area contributed by atoms with Crippen molar-refractivity contribution >= 4 is 40.6 Å². The highest BCUT2D eigenvalue weighted by molar-refractivity contribution is 6.24. The van der Waals surface area contributed by atoms with Gasteiger partial charge in [0.05, 0.1) is 24.1 Å². The van der Waals surface area contributed by atoms with Gasteiger partial charge in [-0.15, -0.1) is 0 Å². The second-order valence-corrected chi connectivity index (χ2v) is 11.1.